The third kappa shape index (κ3) is 4.37. The minimum Gasteiger partial charge on any atom is -0.462 e. The van der Waals surface area contributed by atoms with Crippen LogP contribution in [0, 0.1) is 0 Å². The molecule has 1 saturated heterocycles. The first kappa shape index (κ1) is 22.1. The first-order valence-corrected chi connectivity index (χ1v) is 12.4. The molecule has 1 atom stereocenters. The predicted octanol–water partition coefficient (Wildman–Crippen LogP) is 1.59. The molecule has 1 aliphatic carbocycles. The molecule has 3 heterocycles. The molecule has 1 fully saturated rings. The Morgan fingerprint density at radius 1 is 1.06 bits per heavy atom. The minimum absolute atomic E-state index is 0.0360. The van der Waals surface area contributed by atoms with E-state index >= 15 is 0 Å². The summed E-state index contributed by atoms with van der Waals surface area (Å²) < 4.78 is 5.12. The second-order valence-electron chi connectivity index (χ2n) is 9.61. The molecular formula is C26H30N6O3. The maximum Gasteiger partial charge on any atom is 0.338 e. The summed E-state index contributed by atoms with van der Waals surface area (Å²) in [7, 11) is 0. The molecule has 35 heavy (non-hydrogen) atoms. The number of piperazine rings is 1. The summed E-state index contributed by atoms with van der Waals surface area (Å²) in [5.41, 5.74) is 12.1. The number of carbonyl (C=O) groups is 2. The van der Waals surface area contributed by atoms with Crippen molar-refractivity contribution in [3.63, 3.8) is 0 Å². The zero-order chi connectivity index (χ0) is 23.8. The molecule has 3 aliphatic heterocycles. The van der Waals surface area contributed by atoms with Gasteiger partial charge in [-0.25, -0.2) is 15.3 Å². The van der Waals surface area contributed by atoms with Gasteiger partial charge in [0.2, 0.25) is 5.91 Å². The van der Waals surface area contributed by atoms with Gasteiger partial charge in [-0.15, -0.1) is 5.53 Å². The molecule has 0 bridgehead atoms. The van der Waals surface area contributed by atoms with Crippen molar-refractivity contribution in [1.29, 1.82) is 0 Å². The number of amides is 1. The summed E-state index contributed by atoms with van der Waals surface area (Å²) >= 11 is 0. The molecule has 9 nitrogen and oxygen atoms in total. The van der Waals surface area contributed by atoms with E-state index in [1.54, 1.807) is 6.34 Å². The van der Waals surface area contributed by atoms with Gasteiger partial charge in [-0.3, -0.25) is 9.69 Å². The Bertz CT molecular complexity index is 1170. The fourth-order valence-electron chi connectivity index (χ4n) is 5.58. The largest absolute Gasteiger partial charge is 0.462 e. The molecule has 4 aliphatic rings. The topological polar surface area (TPSA) is 89.5 Å². The van der Waals surface area contributed by atoms with Crippen molar-refractivity contribution in [3.8, 4) is 0 Å². The van der Waals surface area contributed by atoms with Crippen molar-refractivity contribution in [2.45, 2.75) is 31.6 Å². The summed E-state index contributed by atoms with van der Waals surface area (Å²) in [6.07, 6.45) is 5.24. The molecule has 0 radical (unpaired) electrons. The normalized spacial score (nSPS) is 21.5. The smallest absolute Gasteiger partial charge is 0.338 e. The third-order valence-corrected chi connectivity index (χ3v) is 7.58. The number of cyclic esters (lactones) is 1. The van der Waals surface area contributed by atoms with Gasteiger partial charge in [-0.05, 0) is 59.7 Å². The molecule has 0 saturated carbocycles. The number of hydrazone groups is 1. The van der Waals surface area contributed by atoms with Crippen LogP contribution in [-0.4, -0.2) is 67.3 Å². The van der Waals surface area contributed by atoms with Crippen LogP contribution in [0.15, 0.2) is 41.5 Å². The van der Waals surface area contributed by atoms with Crippen LogP contribution < -0.4 is 16.1 Å². The molecular weight excluding hydrogens is 444 g/mol. The highest BCUT2D eigenvalue weighted by Gasteiger charge is 2.33. The van der Waals surface area contributed by atoms with E-state index in [2.05, 4.69) is 39.3 Å². The lowest BCUT2D eigenvalue weighted by atomic mass is 9.98. The number of nitrogens with zero attached hydrogens (tertiary/aromatic N) is 4. The molecule has 2 aromatic carbocycles. The summed E-state index contributed by atoms with van der Waals surface area (Å²) in [5.74, 6) is 0.0191. The van der Waals surface area contributed by atoms with E-state index < -0.39 is 0 Å². The molecule has 182 valence electrons. The standard InChI is InChI=1S/C26H30N6O3/c33-25(24-5-2-19-16-21(3-6-22(19)24)32-17-27-28-29-32)31-12-10-30(11-13-31)9-7-18-1-4-23-20(15-18)8-14-35-26(23)34/h1,3-4,6,15-17,24,28-29H,2,5,7-14H2. The van der Waals surface area contributed by atoms with Crippen molar-refractivity contribution >= 4 is 23.9 Å². The number of hydrogen-bond donors (Lipinski definition) is 2. The summed E-state index contributed by atoms with van der Waals surface area (Å²) in [6.45, 7) is 4.78. The van der Waals surface area contributed by atoms with Crippen LogP contribution in [0.3, 0.4) is 0 Å². The van der Waals surface area contributed by atoms with E-state index in [9.17, 15) is 9.59 Å². The highest BCUT2D eigenvalue weighted by Crippen LogP contribution is 2.36. The molecule has 1 amide bonds. The molecule has 2 aromatic rings. The highest BCUT2D eigenvalue weighted by molar-refractivity contribution is 5.92. The van der Waals surface area contributed by atoms with Crippen LogP contribution in [0.25, 0.3) is 0 Å². The number of carbonyl (C=O) groups excluding carboxylic acids is 2. The molecule has 6 rings (SSSR count). The third-order valence-electron chi connectivity index (χ3n) is 7.58. The summed E-state index contributed by atoms with van der Waals surface area (Å²) in [5, 5.41) is 5.78. The maximum absolute atomic E-state index is 13.4. The fraction of sp³-hybridized carbons (Fsp3) is 0.423. The monoisotopic (exact) mass is 474 g/mol. The molecule has 0 aromatic heterocycles. The SMILES string of the molecule is O=C1OCCc2cc(CCN3CCN(C(=O)C4CCc5cc(N6C=NNN6)ccc54)CC3)ccc21. The number of nitrogens with one attached hydrogen (secondary N) is 2. The fourth-order valence-corrected chi connectivity index (χ4v) is 5.58. The number of ether oxygens (including phenoxy) is 1. The number of hydrogen-bond acceptors (Lipinski definition) is 8. The van der Waals surface area contributed by atoms with Gasteiger partial charge in [0.25, 0.3) is 0 Å². The summed E-state index contributed by atoms with van der Waals surface area (Å²) in [4.78, 5) is 29.7. The van der Waals surface area contributed by atoms with Crippen molar-refractivity contribution in [2.24, 2.45) is 5.10 Å². The minimum atomic E-state index is -0.209. The number of aryl methyl sites for hydroxylation is 1. The average Bonchev–Trinajstić information content (AvgIpc) is 3.57. The maximum atomic E-state index is 13.4. The molecule has 2 N–H and O–H groups in total. The predicted molar refractivity (Wildman–Crippen MR) is 132 cm³/mol. The number of esters is 1. The Labute approximate surface area is 204 Å². The van der Waals surface area contributed by atoms with E-state index in [1.165, 1.54) is 16.7 Å². The van der Waals surface area contributed by atoms with Gasteiger partial charge in [-0.2, -0.15) is 5.10 Å². The van der Waals surface area contributed by atoms with Gasteiger partial charge in [0, 0.05) is 39.1 Å². The van der Waals surface area contributed by atoms with Crippen LogP contribution in [0.1, 0.15) is 45.0 Å². The first-order valence-electron chi connectivity index (χ1n) is 12.4. The number of hydrazine groups is 2. The second kappa shape index (κ2) is 9.31. The Morgan fingerprint density at radius 3 is 2.77 bits per heavy atom. The number of anilines is 1. The van der Waals surface area contributed by atoms with Gasteiger partial charge in [0.05, 0.1) is 23.8 Å². The van der Waals surface area contributed by atoms with Gasteiger partial charge in [0.15, 0.2) is 0 Å². The lowest BCUT2D eigenvalue weighted by molar-refractivity contribution is -0.134. The van der Waals surface area contributed by atoms with Gasteiger partial charge in [0.1, 0.15) is 6.34 Å². The lowest BCUT2D eigenvalue weighted by Gasteiger charge is -2.36. The number of rotatable bonds is 5. The van der Waals surface area contributed by atoms with Crippen molar-refractivity contribution in [1.82, 2.24) is 20.9 Å². The van der Waals surface area contributed by atoms with Crippen LogP contribution in [0.2, 0.25) is 0 Å². The zero-order valence-electron chi connectivity index (χ0n) is 19.7. The Morgan fingerprint density at radius 2 is 1.94 bits per heavy atom. The van der Waals surface area contributed by atoms with Crippen LogP contribution in [-0.2, 0) is 28.8 Å². The van der Waals surface area contributed by atoms with Crippen molar-refractivity contribution < 1.29 is 14.3 Å². The Kier molecular flexibility index (Phi) is 5.87. The summed E-state index contributed by atoms with van der Waals surface area (Å²) in [6, 6.07) is 12.4. The molecule has 0 spiro atoms. The molecule has 9 heteroatoms. The number of benzene rings is 2. The van der Waals surface area contributed by atoms with E-state index in [0.29, 0.717) is 12.2 Å². The van der Waals surface area contributed by atoms with Crippen LogP contribution >= 0.6 is 0 Å². The van der Waals surface area contributed by atoms with Gasteiger partial charge in [-0.1, -0.05) is 18.2 Å². The van der Waals surface area contributed by atoms with E-state index in [4.69, 9.17) is 4.74 Å². The highest BCUT2D eigenvalue weighted by atomic mass is 16.5. The average molecular weight is 475 g/mol. The van der Waals surface area contributed by atoms with Crippen molar-refractivity contribution in [2.75, 3.05) is 44.3 Å². The first-order chi connectivity index (χ1) is 17.2. The Hall–Kier alpha value is -3.43. The van der Waals surface area contributed by atoms with E-state index in [1.807, 2.05) is 28.1 Å². The Balaban J connectivity index is 1.02. The lowest BCUT2D eigenvalue weighted by Crippen LogP contribution is -2.50. The van der Waals surface area contributed by atoms with E-state index in [0.717, 1.165) is 69.7 Å². The van der Waals surface area contributed by atoms with Gasteiger partial charge < -0.3 is 9.64 Å². The number of fused-ring (bicyclic) bond motifs is 2. The molecule has 1 unspecified atom stereocenters. The van der Waals surface area contributed by atoms with Crippen LogP contribution in [0.4, 0.5) is 5.69 Å². The van der Waals surface area contributed by atoms with Gasteiger partial charge >= 0.3 is 5.97 Å². The van der Waals surface area contributed by atoms with Crippen LogP contribution in [0.5, 0.6) is 0 Å². The second-order valence-corrected chi connectivity index (χ2v) is 9.61. The van der Waals surface area contributed by atoms with Crippen molar-refractivity contribution in [3.05, 3.63) is 64.2 Å². The zero-order valence-corrected chi connectivity index (χ0v) is 19.7. The quantitative estimate of drug-likeness (QED) is 0.636. The van der Waals surface area contributed by atoms with E-state index in [-0.39, 0.29) is 17.8 Å².